The summed E-state index contributed by atoms with van der Waals surface area (Å²) in [6.45, 7) is 5.97. The van der Waals surface area contributed by atoms with Crippen LogP contribution >= 0.6 is 0 Å². The Morgan fingerprint density at radius 3 is 2.33 bits per heavy atom. The zero-order valence-corrected chi connectivity index (χ0v) is 13.1. The molecule has 1 aromatic heterocycles. The van der Waals surface area contributed by atoms with Crippen molar-refractivity contribution in [1.29, 1.82) is 0 Å². The fraction of sp³-hybridized carbons (Fsp3) is 0.467. The average molecular weight is 287 g/mol. The molecule has 0 unspecified atom stereocenters. The van der Waals surface area contributed by atoms with Crippen LogP contribution in [0.5, 0.6) is 0 Å². The highest BCUT2D eigenvalue weighted by molar-refractivity contribution is 5.80. The van der Waals surface area contributed by atoms with Gasteiger partial charge in [0.05, 0.1) is 0 Å². The summed E-state index contributed by atoms with van der Waals surface area (Å²) in [6.07, 6.45) is 0. The first kappa shape index (κ1) is 15.2. The van der Waals surface area contributed by atoms with Crippen LogP contribution in [0.25, 0.3) is 11.4 Å². The number of nitrogens with zero attached hydrogens (tertiary/aromatic N) is 5. The number of carbonyl (C=O) groups is 1. The quantitative estimate of drug-likeness (QED) is 0.862. The van der Waals surface area contributed by atoms with Crippen molar-refractivity contribution in [3.05, 3.63) is 29.8 Å². The summed E-state index contributed by atoms with van der Waals surface area (Å²) in [7, 11) is 3.46. The minimum atomic E-state index is -0.438. The SMILES string of the molecule is Cc1ccc(-c2nnn([C@@H](C(=O)N(C)C)C(C)C)n2)cc1. The summed E-state index contributed by atoms with van der Waals surface area (Å²) in [5.41, 5.74) is 2.07. The van der Waals surface area contributed by atoms with Crippen molar-refractivity contribution in [2.45, 2.75) is 26.8 Å². The molecule has 0 aliphatic rings. The standard InChI is InChI=1S/C15H21N5O/c1-10(2)13(15(21)19(4)5)20-17-14(16-18-20)12-8-6-11(3)7-9-12/h6-10,13H,1-5H3/t13-/m1/s1. The lowest BCUT2D eigenvalue weighted by molar-refractivity contribution is -0.134. The van der Waals surface area contributed by atoms with Gasteiger partial charge in [-0.25, -0.2) is 0 Å². The first-order chi connectivity index (χ1) is 9.90. The molecular formula is C15H21N5O. The second-order valence-corrected chi connectivity index (χ2v) is 5.72. The maximum Gasteiger partial charge on any atom is 0.249 e. The van der Waals surface area contributed by atoms with Crippen LogP contribution in [-0.2, 0) is 4.79 Å². The van der Waals surface area contributed by atoms with Gasteiger partial charge < -0.3 is 4.90 Å². The summed E-state index contributed by atoms with van der Waals surface area (Å²) in [6, 6.07) is 7.47. The predicted octanol–water partition coefficient (Wildman–Crippen LogP) is 1.93. The molecule has 2 aromatic rings. The number of aromatic nitrogens is 4. The first-order valence-electron chi connectivity index (χ1n) is 6.98. The van der Waals surface area contributed by atoms with Gasteiger partial charge in [-0.05, 0) is 18.1 Å². The number of rotatable bonds is 4. The highest BCUT2D eigenvalue weighted by Crippen LogP contribution is 2.20. The van der Waals surface area contributed by atoms with Crippen LogP contribution in [0.15, 0.2) is 24.3 Å². The molecular weight excluding hydrogens is 266 g/mol. The van der Waals surface area contributed by atoms with E-state index in [0.717, 1.165) is 5.56 Å². The monoisotopic (exact) mass is 287 g/mol. The van der Waals surface area contributed by atoms with Gasteiger partial charge in [-0.2, -0.15) is 4.80 Å². The van der Waals surface area contributed by atoms with E-state index in [1.807, 2.05) is 45.0 Å². The fourth-order valence-electron chi connectivity index (χ4n) is 2.08. The lowest BCUT2D eigenvalue weighted by Gasteiger charge is -2.22. The maximum absolute atomic E-state index is 12.3. The molecule has 0 radical (unpaired) electrons. The molecule has 0 N–H and O–H groups in total. The zero-order chi connectivity index (χ0) is 15.6. The Bertz CT molecular complexity index is 615. The minimum Gasteiger partial charge on any atom is -0.347 e. The van der Waals surface area contributed by atoms with Gasteiger partial charge in [-0.1, -0.05) is 43.7 Å². The Labute approximate surface area is 124 Å². The van der Waals surface area contributed by atoms with Crippen molar-refractivity contribution in [3.8, 4) is 11.4 Å². The summed E-state index contributed by atoms with van der Waals surface area (Å²) in [5, 5.41) is 12.5. The van der Waals surface area contributed by atoms with E-state index in [4.69, 9.17) is 0 Å². The summed E-state index contributed by atoms with van der Waals surface area (Å²) in [5.74, 6) is 0.588. The van der Waals surface area contributed by atoms with Gasteiger partial charge in [-0.3, -0.25) is 4.79 Å². The summed E-state index contributed by atoms with van der Waals surface area (Å²) in [4.78, 5) is 15.2. The van der Waals surface area contributed by atoms with E-state index in [1.165, 1.54) is 10.4 Å². The largest absolute Gasteiger partial charge is 0.347 e. The fourth-order valence-corrected chi connectivity index (χ4v) is 2.08. The Balaban J connectivity index is 2.32. The number of aryl methyl sites for hydroxylation is 1. The number of carbonyl (C=O) groups excluding carboxylic acids is 1. The van der Waals surface area contributed by atoms with Crippen LogP contribution in [0, 0.1) is 12.8 Å². The van der Waals surface area contributed by atoms with Gasteiger partial charge in [0.2, 0.25) is 11.7 Å². The van der Waals surface area contributed by atoms with Gasteiger partial charge in [0.15, 0.2) is 6.04 Å². The molecule has 0 aliphatic heterocycles. The van der Waals surface area contributed by atoms with Crippen molar-refractivity contribution in [1.82, 2.24) is 25.1 Å². The van der Waals surface area contributed by atoms with Crippen LogP contribution in [0.4, 0.5) is 0 Å². The highest BCUT2D eigenvalue weighted by atomic mass is 16.2. The van der Waals surface area contributed by atoms with E-state index in [1.54, 1.807) is 19.0 Å². The van der Waals surface area contributed by atoms with Crippen molar-refractivity contribution in [2.75, 3.05) is 14.1 Å². The molecule has 112 valence electrons. The smallest absolute Gasteiger partial charge is 0.249 e. The van der Waals surface area contributed by atoms with Gasteiger partial charge >= 0.3 is 0 Å². The highest BCUT2D eigenvalue weighted by Gasteiger charge is 2.28. The van der Waals surface area contributed by atoms with Gasteiger partial charge in [0, 0.05) is 19.7 Å². The third-order valence-corrected chi connectivity index (χ3v) is 3.31. The normalized spacial score (nSPS) is 12.5. The van der Waals surface area contributed by atoms with Crippen molar-refractivity contribution in [3.63, 3.8) is 0 Å². The lowest BCUT2D eigenvalue weighted by Crippen LogP contribution is -2.35. The van der Waals surface area contributed by atoms with E-state index >= 15 is 0 Å². The molecule has 0 aliphatic carbocycles. The average Bonchev–Trinajstić information content (AvgIpc) is 2.88. The number of hydrogen-bond acceptors (Lipinski definition) is 4. The molecule has 2 rings (SSSR count). The third-order valence-electron chi connectivity index (χ3n) is 3.31. The molecule has 0 fully saturated rings. The summed E-state index contributed by atoms with van der Waals surface area (Å²) < 4.78 is 0. The number of tetrazole rings is 1. The van der Waals surface area contributed by atoms with Crippen LogP contribution in [-0.4, -0.2) is 45.1 Å². The molecule has 0 spiro atoms. The van der Waals surface area contributed by atoms with Crippen molar-refractivity contribution >= 4 is 5.91 Å². The number of benzene rings is 1. The van der Waals surface area contributed by atoms with E-state index in [0.29, 0.717) is 5.82 Å². The van der Waals surface area contributed by atoms with Crippen LogP contribution in [0.1, 0.15) is 25.5 Å². The molecule has 0 saturated carbocycles. The van der Waals surface area contributed by atoms with E-state index in [2.05, 4.69) is 15.4 Å². The number of amides is 1. The molecule has 1 aromatic carbocycles. The van der Waals surface area contributed by atoms with Crippen LogP contribution < -0.4 is 0 Å². The van der Waals surface area contributed by atoms with Crippen molar-refractivity contribution in [2.24, 2.45) is 5.92 Å². The molecule has 0 bridgehead atoms. The van der Waals surface area contributed by atoms with Gasteiger partial charge in [0.1, 0.15) is 0 Å². The van der Waals surface area contributed by atoms with Crippen molar-refractivity contribution < 1.29 is 4.79 Å². The Kier molecular flexibility index (Phi) is 4.35. The Hall–Kier alpha value is -2.24. The molecule has 1 amide bonds. The van der Waals surface area contributed by atoms with Crippen LogP contribution in [0.3, 0.4) is 0 Å². The molecule has 6 heteroatoms. The molecule has 21 heavy (non-hydrogen) atoms. The predicted molar refractivity (Wildman–Crippen MR) is 80.6 cm³/mol. The second-order valence-electron chi connectivity index (χ2n) is 5.72. The lowest BCUT2D eigenvalue weighted by atomic mass is 10.0. The number of likely N-dealkylation sites (N-methyl/N-ethyl adjacent to an activating group) is 1. The topological polar surface area (TPSA) is 63.9 Å². The molecule has 6 nitrogen and oxygen atoms in total. The molecule has 1 atom stereocenters. The van der Waals surface area contributed by atoms with E-state index in [9.17, 15) is 4.79 Å². The minimum absolute atomic E-state index is 0.0298. The Morgan fingerprint density at radius 2 is 1.81 bits per heavy atom. The summed E-state index contributed by atoms with van der Waals surface area (Å²) >= 11 is 0. The first-order valence-corrected chi connectivity index (χ1v) is 6.98. The Morgan fingerprint density at radius 1 is 1.19 bits per heavy atom. The van der Waals surface area contributed by atoms with Gasteiger partial charge in [0.25, 0.3) is 0 Å². The number of hydrogen-bond donors (Lipinski definition) is 0. The van der Waals surface area contributed by atoms with Gasteiger partial charge in [-0.15, -0.1) is 10.2 Å². The second kappa shape index (κ2) is 6.03. The molecule has 1 heterocycles. The third kappa shape index (κ3) is 3.26. The zero-order valence-electron chi connectivity index (χ0n) is 13.1. The van der Waals surface area contributed by atoms with E-state index < -0.39 is 6.04 Å². The maximum atomic E-state index is 12.3. The molecule has 0 saturated heterocycles. The van der Waals surface area contributed by atoms with Crippen LogP contribution in [0.2, 0.25) is 0 Å². The van der Waals surface area contributed by atoms with E-state index in [-0.39, 0.29) is 11.8 Å².